The monoisotopic (exact) mass is 802 g/mol. The number of aldehydes is 1. The van der Waals surface area contributed by atoms with Crippen LogP contribution in [0.25, 0.3) is 27.3 Å². The first-order chi connectivity index (χ1) is 28.6. The molecule has 0 saturated heterocycles. The van der Waals surface area contributed by atoms with Crippen molar-refractivity contribution >= 4 is 29.8 Å². The zero-order valence-electron chi connectivity index (χ0n) is 32.8. The van der Waals surface area contributed by atoms with E-state index in [1.807, 2.05) is 0 Å². The molecule has 0 amide bonds. The number of hydrogen-bond donors (Lipinski definition) is 1. The number of thiophene rings is 1. The molecule has 3 aromatic heterocycles. The first-order valence-corrected chi connectivity index (χ1v) is 20.7. The molecule has 0 bridgehead atoms. The van der Waals surface area contributed by atoms with Gasteiger partial charge in [-0.05, 0) is 64.6 Å². The summed E-state index contributed by atoms with van der Waals surface area (Å²) in [6.07, 6.45) is 14.9. The van der Waals surface area contributed by atoms with E-state index in [4.69, 9.17) is 28.4 Å². The van der Waals surface area contributed by atoms with Gasteiger partial charge in [-0.1, -0.05) is 70.4 Å². The lowest BCUT2D eigenvalue weighted by molar-refractivity contribution is 0.0679. The average Bonchev–Trinajstić information content (AvgIpc) is 3.66. The number of carboxylic acid groups (broad SMARTS) is 1. The molecule has 0 saturated carbocycles. The molecule has 300 valence electrons. The van der Waals surface area contributed by atoms with Crippen molar-refractivity contribution in [1.29, 1.82) is 0 Å². The number of aromatic carboxylic acids is 1. The SMILES string of the molecule is C=C=C=C=C=C=C=C=C=C=C=Cn1c(C=O)c2c(c1-c1sc(-c3c4c(c(C(=O)O)n3CCCCCCCCCCCC)OCCCO4)c3c1OCCO3)OCCCO2. The van der Waals surface area contributed by atoms with Gasteiger partial charge in [0.2, 0.25) is 0 Å². The van der Waals surface area contributed by atoms with Gasteiger partial charge in [0.1, 0.15) is 40.0 Å². The summed E-state index contributed by atoms with van der Waals surface area (Å²) in [4.78, 5) is 27.0. The second-order valence-corrected chi connectivity index (χ2v) is 14.6. The fraction of sp³-hybridized carbons (Fsp3) is 0.435. The van der Waals surface area contributed by atoms with Crippen LogP contribution in [0.4, 0.5) is 0 Å². The maximum absolute atomic E-state index is 13.0. The predicted molar refractivity (Wildman–Crippen MR) is 219 cm³/mol. The maximum Gasteiger partial charge on any atom is 0.356 e. The molecule has 0 atom stereocenters. The molecule has 0 unspecified atom stereocenters. The van der Waals surface area contributed by atoms with Gasteiger partial charge in [0.15, 0.2) is 46.5 Å². The third-order valence-electron chi connectivity index (χ3n) is 9.56. The number of aromatic nitrogens is 2. The van der Waals surface area contributed by atoms with Crippen molar-refractivity contribution < 1.29 is 43.1 Å². The average molecular weight is 803 g/mol. The van der Waals surface area contributed by atoms with Gasteiger partial charge in [0, 0.05) is 19.4 Å². The zero-order valence-corrected chi connectivity index (χ0v) is 33.6. The van der Waals surface area contributed by atoms with Crippen LogP contribution in [0, 0.1) is 0 Å². The van der Waals surface area contributed by atoms with Gasteiger partial charge in [-0.2, -0.15) is 0 Å². The molecular weight excluding hydrogens is 757 g/mol. The van der Waals surface area contributed by atoms with E-state index in [9.17, 15) is 14.7 Å². The van der Waals surface area contributed by atoms with Crippen molar-refractivity contribution in [2.75, 3.05) is 39.6 Å². The number of unbranched alkanes of at least 4 members (excludes halogenated alkanes) is 9. The molecule has 12 heteroatoms. The van der Waals surface area contributed by atoms with Gasteiger partial charge in [-0.3, -0.25) is 9.36 Å². The molecule has 11 nitrogen and oxygen atoms in total. The van der Waals surface area contributed by atoms with Crippen LogP contribution < -0.4 is 28.4 Å². The molecule has 0 radical (unpaired) electrons. The molecule has 0 spiro atoms. The van der Waals surface area contributed by atoms with Gasteiger partial charge in [0.25, 0.3) is 0 Å². The minimum Gasteiger partial charge on any atom is -0.487 e. The summed E-state index contributed by atoms with van der Waals surface area (Å²) in [6, 6.07) is 0. The highest BCUT2D eigenvalue weighted by Crippen LogP contribution is 2.60. The highest BCUT2D eigenvalue weighted by Gasteiger charge is 2.39. The van der Waals surface area contributed by atoms with E-state index in [0.29, 0.717) is 96.2 Å². The number of nitrogens with zero attached hydrogens (tertiary/aromatic N) is 2. The Kier molecular flexibility index (Phi) is 15.2. The van der Waals surface area contributed by atoms with Gasteiger partial charge < -0.3 is 38.1 Å². The summed E-state index contributed by atoms with van der Waals surface area (Å²) >= 11 is 1.32. The smallest absolute Gasteiger partial charge is 0.356 e. The molecule has 58 heavy (non-hydrogen) atoms. The first kappa shape index (κ1) is 41.4. The van der Waals surface area contributed by atoms with Crippen LogP contribution in [0.15, 0.2) is 63.9 Å². The van der Waals surface area contributed by atoms with Crippen LogP contribution in [0.2, 0.25) is 0 Å². The molecule has 1 N–H and O–H groups in total. The minimum atomic E-state index is -1.11. The molecule has 3 aromatic rings. The fourth-order valence-corrected chi connectivity index (χ4v) is 8.27. The van der Waals surface area contributed by atoms with Crippen molar-refractivity contribution in [3.8, 4) is 55.6 Å². The molecule has 6 heterocycles. The van der Waals surface area contributed by atoms with Crippen molar-refractivity contribution in [2.24, 2.45) is 0 Å². The second-order valence-electron chi connectivity index (χ2n) is 13.5. The molecule has 3 aliphatic heterocycles. The molecule has 0 aliphatic carbocycles. The lowest BCUT2D eigenvalue weighted by Gasteiger charge is -2.19. The number of carboxylic acids is 1. The third kappa shape index (κ3) is 9.64. The van der Waals surface area contributed by atoms with Crippen LogP contribution in [-0.2, 0) is 6.54 Å². The highest BCUT2D eigenvalue weighted by molar-refractivity contribution is 7.19. The van der Waals surface area contributed by atoms with Crippen molar-refractivity contribution in [1.82, 2.24) is 9.13 Å². The van der Waals surface area contributed by atoms with Gasteiger partial charge in [-0.25, -0.2) is 4.79 Å². The Labute approximate surface area is 342 Å². The van der Waals surface area contributed by atoms with E-state index in [1.165, 1.54) is 56.1 Å². The van der Waals surface area contributed by atoms with E-state index in [2.05, 4.69) is 70.8 Å². The lowest BCUT2D eigenvalue weighted by Crippen LogP contribution is -2.16. The van der Waals surface area contributed by atoms with Gasteiger partial charge in [-0.15, -0.1) is 11.3 Å². The fourth-order valence-electron chi connectivity index (χ4n) is 6.99. The standard InChI is InChI=1S/C46H46N2O9S/c1-3-5-7-9-11-13-15-17-19-21-25-47-34(33-49)38-39(53-28-23-27-52-38)35(47)44-42-43(57-32-31-56-42)45(58-44)36-40-41(55-30-24-29-54-40)37(46(50)51)48(36)26-22-20-18-16-14-12-10-8-6-4-2/h25,33H,1,4,6,8,10,12,14,16,18,20,22-24,26-32H2,2H3,(H,50,51). The number of fused-ring (bicyclic) bond motifs is 3. The van der Waals surface area contributed by atoms with E-state index >= 15 is 0 Å². The Bertz CT molecular complexity index is 2400. The van der Waals surface area contributed by atoms with Crippen LogP contribution in [0.3, 0.4) is 0 Å². The predicted octanol–water partition coefficient (Wildman–Crippen LogP) is 9.86. The van der Waals surface area contributed by atoms with Gasteiger partial charge >= 0.3 is 5.97 Å². The van der Waals surface area contributed by atoms with Crippen molar-refractivity contribution in [2.45, 2.75) is 90.5 Å². The summed E-state index contributed by atoms with van der Waals surface area (Å²) in [7, 11) is 0. The molecule has 3 aliphatic rings. The summed E-state index contributed by atoms with van der Waals surface area (Å²) < 4.78 is 40.9. The quantitative estimate of drug-likeness (QED) is 0.0858. The first-order valence-electron chi connectivity index (χ1n) is 19.9. The van der Waals surface area contributed by atoms with E-state index < -0.39 is 5.97 Å². The third-order valence-corrected chi connectivity index (χ3v) is 10.7. The Morgan fingerprint density at radius 2 is 1.16 bits per heavy atom. The molecule has 0 fully saturated rings. The number of carbonyl (C=O) groups excluding carboxylic acids is 1. The number of carbonyl (C=O) groups is 2. The van der Waals surface area contributed by atoms with Crippen molar-refractivity contribution in [3.63, 3.8) is 0 Å². The number of ether oxygens (including phenoxy) is 6. The number of rotatable bonds is 16. The Hall–Kier alpha value is -6.26. The summed E-state index contributed by atoms with van der Waals surface area (Å²) in [5.41, 5.74) is 27.3. The summed E-state index contributed by atoms with van der Waals surface area (Å²) in [5.74, 6) is 0.947. The van der Waals surface area contributed by atoms with E-state index in [1.54, 1.807) is 9.13 Å². The van der Waals surface area contributed by atoms with E-state index in [-0.39, 0.29) is 36.1 Å². The van der Waals surface area contributed by atoms with Crippen molar-refractivity contribution in [3.05, 3.63) is 75.3 Å². The Morgan fingerprint density at radius 1 is 0.655 bits per heavy atom. The Balaban J connectivity index is 1.48. The normalized spacial score (nSPS) is 13.2. The molecule has 6 rings (SSSR count). The van der Waals surface area contributed by atoms with E-state index in [0.717, 1.165) is 25.7 Å². The summed E-state index contributed by atoms with van der Waals surface area (Å²) in [6.45, 7) is 7.95. The summed E-state index contributed by atoms with van der Waals surface area (Å²) in [5, 5.41) is 10.7. The Morgan fingerprint density at radius 3 is 1.74 bits per heavy atom. The number of hydrogen-bond acceptors (Lipinski definition) is 9. The van der Waals surface area contributed by atoms with Crippen LogP contribution in [0.5, 0.6) is 34.5 Å². The second kappa shape index (κ2) is 21.3. The minimum absolute atomic E-state index is 0.0360. The van der Waals surface area contributed by atoms with Crippen LogP contribution >= 0.6 is 11.3 Å². The molecular formula is C46H46N2O9S. The topological polar surface area (TPSA) is 120 Å². The lowest BCUT2D eigenvalue weighted by atomic mass is 10.1. The van der Waals surface area contributed by atoms with Crippen LogP contribution in [0.1, 0.15) is 105 Å². The van der Waals surface area contributed by atoms with Gasteiger partial charge in [0.05, 0.1) is 32.6 Å². The zero-order chi connectivity index (χ0) is 40.5. The molecule has 0 aromatic carbocycles. The van der Waals surface area contributed by atoms with Crippen LogP contribution in [-0.4, -0.2) is 66.1 Å². The largest absolute Gasteiger partial charge is 0.487 e. The highest BCUT2D eigenvalue weighted by atomic mass is 32.1. The maximum atomic E-state index is 13.0.